The summed E-state index contributed by atoms with van der Waals surface area (Å²) in [7, 11) is -1.73. The molecule has 19 heavy (non-hydrogen) atoms. The maximum absolute atomic E-state index is 12.3. The van der Waals surface area contributed by atoms with Crippen LogP contribution in [0.25, 0.3) is 10.9 Å². The maximum Gasteiger partial charge on any atom is 0.241 e. The summed E-state index contributed by atoms with van der Waals surface area (Å²) in [5.41, 5.74) is 0.673. The Balaban J connectivity index is 2.38. The van der Waals surface area contributed by atoms with Gasteiger partial charge in [-0.2, -0.15) is 0 Å². The van der Waals surface area contributed by atoms with Crippen LogP contribution in [0.3, 0.4) is 0 Å². The van der Waals surface area contributed by atoms with Gasteiger partial charge in [0, 0.05) is 24.2 Å². The second-order valence-electron chi connectivity index (χ2n) is 4.37. The van der Waals surface area contributed by atoms with E-state index >= 15 is 0 Å². The van der Waals surface area contributed by atoms with Crippen LogP contribution in [-0.4, -0.2) is 33.0 Å². The molecular formula is C13H17N3O2S. The van der Waals surface area contributed by atoms with E-state index in [1.165, 1.54) is 0 Å². The number of nitrogens with zero attached hydrogens (tertiary/aromatic N) is 1. The van der Waals surface area contributed by atoms with E-state index in [4.69, 9.17) is 0 Å². The van der Waals surface area contributed by atoms with Crippen molar-refractivity contribution in [2.24, 2.45) is 0 Å². The first-order valence-corrected chi connectivity index (χ1v) is 7.53. The predicted molar refractivity (Wildman–Crippen MR) is 75.5 cm³/mol. The van der Waals surface area contributed by atoms with Crippen molar-refractivity contribution < 1.29 is 8.42 Å². The van der Waals surface area contributed by atoms with Crippen LogP contribution < -0.4 is 10.0 Å². The molecule has 0 bridgehead atoms. The molecule has 0 aliphatic carbocycles. The van der Waals surface area contributed by atoms with Crippen molar-refractivity contribution in [3.63, 3.8) is 0 Å². The van der Waals surface area contributed by atoms with Gasteiger partial charge in [0.25, 0.3) is 0 Å². The normalized spacial score (nSPS) is 13.6. The Labute approximate surface area is 113 Å². The summed E-state index contributed by atoms with van der Waals surface area (Å²) in [6.45, 7) is 2.25. The third kappa shape index (κ3) is 3.09. The monoisotopic (exact) mass is 279 g/mol. The Morgan fingerprint density at radius 2 is 2.05 bits per heavy atom. The maximum atomic E-state index is 12.3. The van der Waals surface area contributed by atoms with Crippen molar-refractivity contribution in [3.05, 3.63) is 36.5 Å². The average molecular weight is 279 g/mol. The fourth-order valence-corrected chi connectivity index (χ4v) is 3.07. The van der Waals surface area contributed by atoms with Gasteiger partial charge in [-0.05, 0) is 38.2 Å². The van der Waals surface area contributed by atoms with Crippen LogP contribution in [0.4, 0.5) is 0 Å². The summed E-state index contributed by atoms with van der Waals surface area (Å²) < 4.78 is 27.2. The molecule has 0 amide bonds. The molecule has 0 saturated carbocycles. The molecule has 2 N–H and O–H groups in total. The third-order valence-corrected chi connectivity index (χ3v) is 4.45. The zero-order chi connectivity index (χ0) is 13.9. The average Bonchev–Trinajstić information content (AvgIpc) is 2.44. The Kier molecular flexibility index (Phi) is 4.14. The zero-order valence-corrected chi connectivity index (χ0v) is 11.7. The molecule has 2 aromatic rings. The quantitative estimate of drug-likeness (QED) is 0.860. The van der Waals surface area contributed by atoms with Gasteiger partial charge < -0.3 is 5.32 Å². The van der Waals surface area contributed by atoms with E-state index in [2.05, 4.69) is 15.0 Å². The molecule has 1 aromatic carbocycles. The van der Waals surface area contributed by atoms with Gasteiger partial charge in [-0.15, -0.1) is 0 Å². The summed E-state index contributed by atoms with van der Waals surface area (Å²) in [6, 6.07) is 8.66. The first-order valence-electron chi connectivity index (χ1n) is 6.05. The van der Waals surface area contributed by atoms with E-state index < -0.39 is 10.0 Å². The minimum Gasteiger partial charge on any atom is -0.316 e. The molecule has 1 aromatic heterocycles. The van der Waals surface area contributed by atoms with E-state index in [1.807, 2.05) is 6.92 Å². The largest absolute Gasteiger partial charge is 0.316 e. The van der Waals surface area contributed by atoms with Gasteiger partial charge >= 0.3 is 0 Å². The highest BCUT2D eigenvalue weighted by Gasteiger charge is 2.17. The van der Waals surface area contributed by atoms with E-state index in [0.717, 1.165) is 0 Å². The molecule has 1 heterocycles. The summed E-state index contributed by atoms with van der Waals surface area (Å²) >= 11 is 0. The third-order valence-electron chi connectivity index (χ3n) is 2.97. The van der Waals surface area contributed by atoms with Gasteiger partial charge in [0.15, 0.2) is 0 Å². The molecule has 0 radical (unpaired) electrons. The van der Waals surface area contributed by atoms with E-state index in [-0.39, 0.29) is 10.9 Å². The van der Waals surface area contributed by atoms with Gasteiger partial charge in [-0.25, -0.2) is 13.1 Å². The van der Waals surface area contributed by atoms with E-state index in [1.54, 1.807) is 43.6 Å². The lowest BCUT2D eigenvalue weighted by molar-refractivity contribution is 0.555. The molecule has 1 unspecified atom stereocenters. The lowest BCUT2D eigenvalue weighted by atomic mass is 10.2. The number of hydrogen-bond donors (Lipinski definition) is 2. The van der Waals surface area contributed by atoms with Crippen LogP contribution in [0.1, 0.15) is 6.92 Å². The van der Waals surface area contributed by atoms with Crippen LogP contribution in [-0.2, 0) is 10.0 Å². The smallest absolute Gasteiger partial charge is 0.241 e. The molecule has 0 fully saturated rings. The molecule has 0 spiro atoms. The lowest BCUT2D eigenvalue weighted by Crippen LogP contribution is -2.37. The SMILES string of the molecule is CNC(C)CNS(=O)(=O)c1cccc2ncccc12. The Hall–Kier alpha value is -1.50. The standard InChI is InChI=1S/C13H17N3O2S/c1-10(14-2)9-16-19(17,18)13-7-3-6-12-11(13)5-4-8-15-12/h3-8,10,14,16H,9H2,1-2H3. The Morgan fingerprint density at radius 3 is 2.79 bits per heavy atom. The zero-order valence-electron chi connectivity index (χ0n) is 10.9. The van der Waals surface area contributed by atoms with Crippen molar-refractivity contribution in [2.75, 3.05) is 13.6 Å². The van der Waals surface area contributed by atoms with Gasteiger partial charge in [0.2, 0.25) is 10.0 Å². The van der Waals surface area contributed by atoms with Crippen molar-refractivity contribution in [1.29, 1.82) is 0 Å². The van der Waals surface area contributed by atoms with Gasteiger partial charge in [0.1, 0.15) is 0 Å². The summed E-state index contributed by atoms with van der Waals surface area (Å²) in [5.74, 6) is 0. The predicted octanol–water partition coefficient (Wildman–Crippen LogP) is 1.12. The number of sulfonamides is 1. The van der Waals surface area contributed by atoms with E-state index in [9.17, 15) is 8.42 Å². The first-order chi connectivity index (χ1) is 9.04. The summed E-state index contributed by atoms with van der Waals surface area (Å²) in [5, 5.41) is 3.62. The number of likely N-dealkylation sites (N-methyl/N-ethyl adjacent to an activating group) is 1. The highest BCUT2D eigenvalue weighted by molar-refractivity contribution is 7.89. The highest BCUT2D eigenvalue weighted by atomic mass is 32.2. The molecule has 0 aliphatic heterocycles. The van der Waals surface area contributed by atoms with Gasteiger partial charge in [0.05, 0.1) is 10.4 Å². The molecule has 0 aliphatic rings. The fraction of sp³-hybridized carbons (Fsp3) is 0.308. The number of fused-ring (bicyclic) bond motifs is 1. The van der Waals surface area contributed by atoms with Crippen molar-refractivity contribution in [1.82, 2.24) is 15.0 Å². The molecule has 0 saturated heterocycles. The summed E-state index contributed by atoms with van der Waals surface area (Å²) in [6.07, 6.45) is 1.65. The Bertz CT molecular complexity index is 665. The van der Waals surface area contributed by atoms with Crippen LogP contribution in [0.2, 0.25) is 0 Å². The molecule has 2 rings (SSSR count). The molecule has 102 valence electrons. The Morgan fingerprint density at radius 1 is 1.26 bits per heavy atom. The van der Waals surface area contributed by atoms with Gasteiger partial charge in [-0.1, -0.05) is 6.07 Å². The number of nitrogens with one attached hydrogen (secondary N) is 2. The minimum atomic E-state index is -3.52. The van der Waals surface area contributed by atoms with Crippen LogP contribution >= 0.6 is 0 Å². The first kappa shape index (κ1) is 13.9. The van der Waals surface area contributed by atoms with Crippen molar-refractivity contribution >= 4 is 20.9 Å². The molecule has 1 atom stereocenters. The number of aromatic nitrogens is 1. The topological polar surface area (TPSA) is 71.1 Å². The van der Waals surface area contributed by atoms with Crippen molar-refractivity contribution in [2.45, 2.75) is 17.9 Å². The van der Waals surface area contributed by atoms with E-state index in [0.29, 0.717) is 17.4 Å². The highest BCUT2D eigenvalue weighted by Crippen LogP contribution is 2.20. The second kappa shape index (κ2) is 5.64. The minimum absolute atomic E-state index is 0.0721. The fourth-order valence-electron chi connectivity index (χ4n) is 1.72. The van der Waals surface area contributed by atoms with Crippen LogP contribution in [0, 0.1) is 0 Å². The molecule has 5 nitrogen and oxygen atoms in total. The van der Waals surface area contributed by atoms with Crippen LogP contribution in [0.15, 0.2) is 41.4 Å². The number of rotatable bonds is 5. The van der Waals surface area contributed by atoms with Crippen molar-refractivity contribution in [3.8, 4) is 0 Å². The molecular weight excluding hydrogens is 262 g/mol. The second-order valence-corrected chi connectivity index (χ2v) is 6.10. The number of benzene rings is 1. The van der Waals surface area contributed by atoms with Gasteiger partial charge in [-0.3, -0.25) is 4.98 Å². The summed E-state index contributed by atoms with van der Waals surface area (Å²) in [4.78, 5) is 4.43. The van der Waals surface area contributed by atoms with Crippen LogP contribution in [0.5, 0.6) is 0 Å². The molecule has 6 heteroatoms. The number of pyridine rings is 1. The number of hydrogen-bond acceptors (Lipinski definition) is 4. The lowest BCUT2D eigenvalue weighted by Gasteiger charge is -2.13.